The van der Waals surface area contributed by atoms with Crippen molar-refractivity contribution in [1.82, 2.24) is 15.2 Å². The lowest BCUT2D eigenvalue weighted by Gasteiger charge is -2.08. The number of nitrogens with zero attached hydrogens (tertiary/aromatic N) is 3. The predicted molar refractivity (Wildman–Crippen MR) is 98.3 cm³/mol. The van der Waals surface area contributed by atoms with E-state index in [4.69, 9.17) is 11.6 Å². The van der Waals surface area contributed by atoms with E-state index >= 15 is 0 Å². The van der Waals surface area contributed by atoms with Crippen molar-refractivity contribution in [3.8, 4) is 0 Å². The highest BCUT2D eigenvalue weighted by Crippen LogP contribution is 2.16. The Morgan fingerprint density at radius 3 is 2.48 bits per heavy atom. The zero-order chi connectivity index (χ0) is 17.6. The van der Waals surface area contributed by atoms with Crippen molar-refractivity contribution in [2.45, 2.75) is 13.5 Å². The molecule has 0 saturated heterocycles. The fraction of sp³-hybridized carbons (Fsp3) is 0.111. The molecule has 1 aromatic heterocycles. The Bertz CT molecular complexity index is 865. The Morgan fingerprint density at radius 1 is 1.08 bits per heavy atom. The minimum absolute atomic E-state index is 0.0314. The van der Waals surface area contributed by atoms with Gasteiger partial charge in [0.1, 0.15) is 0 Å². The molecule has 7 heteroatoms. The fourth-order valence-electron chi connectivity index (χ4n) is 2.16. The minimum Gasteiger partial charge on any atom is -0.349 e. The average molecular weight is 354 g/mol. The highest BCUT2D eigenvalue weighted by molar-refractivity contribution is 6.30. The van der Waals surface area contributed by atoms with Crippen LogP contribution in [0.15, 0.2) is 54.7 Å². The summed E-state index contributed by atoms with van der Waals surface area (Å²) < 4.78 is 0. The monoisotopic (exact) mass is 353 g/mol. The van der Waals surface area contributed by atoms with Crippen molar-refractivity contribution in [1.29, 1.82) is 0 Å². The molecule has 126 valence electrons. The van der Waals surface area contributed by atoms with Gasteiger partial charge in [0.2, 0.25) is 5.95 Å². The molecular weight excluding hydrogens is 338 g/mol. The number of ketones is 1. The molecule has 0 spiro atoms. The topological polar surface area (TPSA) is 79.8 Å². The Labute approximate surface area is 150 Å². The molecule has 0 aliphatic heterocycles. The van der Waals surface area contributed by atoms with Crippen molar-refractivity contribution in [2.24, 2.45) is 0 Å². The van der Waals surface area contributed by atoms with Crippen LogP contribution in [0.25, 0.3) is 0 Å². The van der Waals surface area contributed by atoms with Crippen molar-refractivity contribution < 1.29 is 4.79 Å². The lowest BCUT2D eigenvalue weighted by atomic mass is 10.1. The van der Waals surface area contributed by atoms with Crippen LogP contribution in [0, 0.1) is 0 Å². The molecule has 0 saturated carbocycles. The third kappa shape index (κ3) is 4.74. The highest BCUT2D eigenvalue weighted by atomic mass is 35.5. The molecule has 0 aliphatic rings. The number of hydrogen-bond acceptors (Lipinski definition) is 6. The highest BCUT2D eigenvalue weighted by Gasteiger charge is 2.03. The van der Waals surface area contributed by atoms with Crippen molar-refractivity contribution in [3.63, 3.8) is 0 Å². The minimum atomic E-state index is 0.0314. The largest absolute Gasteiger partial charge is 0.349 e. The van der Waals surface area contributed by atoms with Crippen LogP contribution in [0.5, 0.6) is 0 Å². The zero-order valence-electron chi connectivity index (χ0n) is 13.5. The molecule has 2 N–H and O–H groups in total. The first kappa shape index (κ1) is 16.9. The number of carbonyl (C=O) groups excluding carboxylic acids is 1. The van der Waals surface area contributed by atoms with Gasteiger partial charge < -0.3 is 10.6 Å². The van der Waals surface area contributed by atoms with Gasteiger partial charge in [0.05, 0.1) is 6.20 Å². The van der Waals surface area contributed by atoms with Gasteiger partial charge in [-0.2, -0.15) is 10.1 Å². The molecule has 2 aromatic carbocycles. The van der Waals surface area contributed by atoms with E-state index in [-0.39, 0.29) is 5.78 Å². The van der Waals surface area contributed by atoms with Crippen LogP contribution in [-0.4, -0.2) is 21.0 Å². The number of aromatic nitrogens is 3. The SMILES string of the molecule is CC(=O)c1ccc(Nc2cnnc(NCc3ccc(Cl)cc3)n2)cc1. The number of hydrogen-bond donors (Lipinski definition) is 2. The second-order valence-electron chi connectivity index (χ2n) is 5.40. The summed E-state index contributed by atoms with van der Waals surface area (Å²) in [5.74, 6) is 1.01. The number of rotatable bonds is 6. The molecule has 0 radical (unpaired) electrons. The molecule has 3 aromatic rings. The smallest absolute Gasteiger partial charge is 0.244 e. The molecule has 0 unspecified atom stereocenters. The molecule has 0 fully saturated rings. The fourth-order valence-corrected chi connectivity index (χ4v) is 2.28. The quantitative estimate of drug-likeness (QED) is 0.650. The van der Waals surface area contributed by atoms with E-state index in [1.54, 1.807) is 12.1 Å². The summed E-state index contributed by atoms with van der Waals surface area (Å²) in [5, 5.41) is 14.9. The van der Waals surface area contributed by atoms with E-state index in [0.717, 1.165) is 11.3 Å². The van der Waals surface area contributed by atoms with E-state index in [2.05, 4.69) is 25.8 Å². The van der Waals surface area contributed by atoms with Crippen LogP contribution in [-0.2, 0) is 6.54 Å². The summed E-state index contributed by atoms with van der Waals surface area (Å²) in [6.07, 6.45) is 1.53. The molecule has 1 heterocycles. The predicted octanol–water partition coefficient (Wildman–Crippen LogP) is 4.08. The Morgan fingerprint density at radius 2 is 1.80 bits per heavy atom. The van der Waals surface area contributed by atoms with Crippen LogP contribution >= 0.6 is 11.6 Å². The van der Waals surface area contributed by atoms with Crippen LogP contribution < -0.4 is 10.6 Å². The van der Waals surface area contributed by atoms with E-state index in [1.165, 1.54) is 13.1 Å². The molecule has 3 rings (SSSR count). The second-order valence-corrected chi connectivity index (χ2v) is 5.84. The molecule has 25 heavy (non-hydrogen) atoms. The van der Waals surface area contributed by atoms with Crippen LogP contribution in [0.4, 0.5) is 17.5 Å². The molecular formula is C18H16ClN5O. The van der Waals surface area contributed by atoms with Gasteiger partial charge >= 0.3 is 0 Å². The van der Waals surface area contributed by atoms with Gasteiger partial charge in [-0.1, -0.05) is 23.7 Å². The molecule has 0 bridgehead atoms. The maximum absolute atomic E-state index is 11.3. The number of nitrogens with one attached hydrogen (secondary N) is 2. The van der Waals surface area contributed by atoms with Crippen LogP contribution in [0.2, 0.25) is 5.02 Å². The van der Waals surface area contributed by atoms with Crippen LogP contribution in [0.1, 0.15) is 22.8 Å². The lowest BCUT2D eigenvalue weighted by Crippen LogP contribution is -2.06. The third-order valence-corrected chi connectivity index (χ3v) is 3.74. The van der Waals surface area contributed by atoms with Crippen molar-refractivity contribution in [2.75, 3.05) is 10.6 Å². The van der Waals surface area contributed by atoms with E-state index in [1.807, 2.05) is 36.4 Å². The number of benzene rings is 2. The first-order valence-corrected chi connectivity index (χ1v) is 8.04. The van der Waals surface area contributed by atoms with Gasteiger partial charge in [-0.05, 0) is 48.9 Å². The average Bonchev–Trinajstić information content (AvgIpc) is 2.62. The number of carbonyl (C=O) groups is 1. The number of halogens is 1. The normalized spacial score (nSPS) is 10.3. The summed E-state index contributed by atoms with van der Waals surface area (Å²) in [7, 11) is 0. The number of Topliss-reactive ketones (excluding diaryl/α,β-unsaturated/α-hetero) is 1. The maximum Gasteiger partial charge on any atom is 0.244 e. The summed E-state index contributed by atoms with van der Waals surface area (Å²) in [4.78, 5) is 15.7. The van der Waals surface area contributed by atoms with Gasteiger partial charge in [-0.3, -0.25) is 4.79 Å². The maximum atomic E-state index is 11.3. The summed E-state index contributed by atoms with van der Waals surface area (Å²) >= 11 is 5.87. The van der Waals surface area contributed by atoms with E-state index < -0.39 is 0 Å². The molecule has 6 nitrogen and oxygen atoms in total. The summed E-state index contributed by atoms with van der Waals surface area (Å²) in [5.41, 5.74) is 2.54. The zero-order valence-corrected chi connectivity index (χ0v) is 14.3. The Balaban J connectivity index is 1.64. The van der Waals surface area contributed by atoms with E-state index in [0.29, 0.717) is 28.9 Å². The third-order valence-electron chi connectivity index (χ3n) is 3.49. The van der Waals surface area contributed by atoms with Crippen molar-refractivity contribution in [3.05, 3.63) is 70.9 Å². The first-order chi connectivity index (χ1) is 12.1. The summed E-state index contributed by atoms with van der Waals surface area (Å²) in [6, 6.07) is 14.7. The Hall–Kier alpha value is -2.99. The molecule has 0 atom stereocenters. The second kappa shape index (κ2) is 7.72. The molecule has 0 aliphatic carbocycles. The summed E-state index contributed by atoms with van der Waals surface area (Å²) in [6.45, 7) is 2.10. The van der Waals surface area contributed by atoms with Gasteiger partial charge in [-0.25, -0.2) is 0 Å². The van der Waals surface area contributed by atoms with Gasteiger partial charge in [0, 0.05) is 22.8 Å². The van der Waals surface area contributed by atoms with Crippen LogP contribution in [0.3, 0.4) is 0 Å². The number of anilines is 3. The van der Waals surface area contributed by atoms with E-state index in [9.17, 15) is 4.79 Å². The lowest BCUT2D eigenvalue weighted by molar-refractivity contribution is 0.101. The van der Waals surface area contributed by atoms with Gasteiger partial charge in [-0.15, -0.1) is 5.10 Å². The van der Waals surface area contributed by atoms with Gasteiger partial charge in [0.25, 0.3) is 0 Å². The first-order valence-electron chi connectivity index (χ1n) is 7.66. The molecule has 0 amide bonds. The Kier molecular flexibility index (Phi) is 5.20. The standard InChI is InChI=1S/C18H16ClN5O/c1-12(25)14-4-8-16(9-5-14)22-17-11-21-24-18(23-17)20-10-13-2-6-15(19)7-3-13/h2-9,11H,10H2,1H3,(H2,20,22,23,24). The van der Waals surface area contributed by atoms with Crippen molar-refractivity contribution >= 4 is 34.8 Å². The van der Waals surface area contributed by atoms with Gasteiger partial charge in [0.15, 0.2) is 11.6 Å².